The van der Waals surface area contributed by atoms with E-state index in [1.165, 1.54) is 80.0 Å². The average molecular weight is 430 g/mol. The van der Waals surface area contributed by atoms with Crippen molar-refractivity contribution in [3.8, 4) is 17.2 Å². The van der Waals surface area contributed by atoms with Crippen molar-refractivity contribution >= 4 is 0 Å². The third kappa shape index (κ3) is 6.96. The highest BCUT2D eigenvalue weighted by Crippen LogP contribution is 2.45. The van der Waals surface area contributed by atoms with Crippen LogP contribution in [0.4, 0.5) is 0 Å². The molecule has 0 aromatic heterocycles. The normalized spacial score (nSPS) is 20.7. The van der Waals surface area contributed by atoms with E-state index in [4.69, 9.17) is 0 Å². The minimum atomic E-state index is -0.0540. The van der Waals surface area contributed by atoms with Crippen LogP contribution < -0.4 is 0 Å². The SMILES string of the molecule is CCCCCCCC1(C#N)CCC(c2ccc(-c3ccc(CCCCC)cc3)cc2)CC1. The summed E-state index contributed by atoms with van der Waals surface area (Å²) in [5, 5.41) is 9.89. The lowest BCUT2D eigenvalue weighted by Crippen LogP contribution is -2.25. The molecule has 172 valence electrons. The second kappa shape index (κ2) is 12.8. The fourth-order valence-corrected chi connectivity index (χ4v) is 5.38. The van der Waals surface area contributed by atoms with Crippen LogP contribution >= 0.6 is 0 Å². The number of rotatable bonds is 12. The molecule has 0 atom stereocenters. The highest BCUT2D eigenvalue weighted by Gasteiger charge is 2.35. The maximum absolute atomic E-state index is 9.89. The van der Waals surface area contributed by atoms with E-state index >= 15 is 0 Å². The highest BCUT2D eigenvalue weighted by molar-refractivity contribution is 5.64. The fourth-order valence-electron chi connectivity index (χ4n) is 5.38. The van der Waals surface area contributed by atoms with Crippen LogP contribution in [-0.4, -0.2) is 0 Å². The molecule has 1 fully saturated rings. The number of aryl methyl sites for hydroxylation is 1. The fraction of sp³-hybridized carbons (Fsp3) is 0.581. The van der Waals surface area contributed by atoms with E-state index in [0.717, 1.165) is 32.1 Å². The van der Waals surface area contributed by atoms with Crippen molar-refractivity contribution < 1.29 is 0 Å². The minimum Gasteiger partial charge on any atom is -0.198 e. The van der Waals surface area contributed by atoms with Gasteiger partial charge in [0.15, 0.2) is 0 Å². The predicted octanol–water partition coefficient (Wildman–Crippen LogP) is 9.61. The van der Waals surface area contributed by atoms with Crippen molar-refractivity contribution in [3.63, 3.8) is 0 Å². The first-order valence-corrected chi connectivity index (χ1v) is 13.3. The Hall–Kier alpha value is -2.07. The maximum atomic E-state index is 9.89. The number of nitrogens with zero attached hydrogens (tertiary/aromatic N) is 1. The first-order valence-electron chi connectivity index (χ1n) is 13.3. The van der Waals surface area contributed by atoms with Gasteiger partial charge in [-0.05, 0) is 73.1 Å². The van der Waals surface area contributed by atoms with E-state index in [1.54, 1.807) is 0 Å². The Bertz CT molecular complexity index is 816. The van der Waals surface area contributed by atoms with Crippen molar-refractivity contribution in [1.29, 1.82) is 5.26 Å². The van der Waals surface area contributed by atoms with Gasteiger partial charge in [0.2, 0.25) is 0 Å². The summed E-state index contributed by atoms with van der Waals surface area (Å²) in [4.78, 5) is 0. The monoisotopic (exact) mass is 429 g/mol. The zero-order valence-electron chi connectivity index (χ0n) is 20.5. The molecule has 3 rings (SSSR count). The molecular formula is C31H43N. The Morgan fingerprint density at radius 2 is 1.31 bits per heavy atom. The second-order valence-electron chi connectivity index (χ2n) is 10.1. The van der Waals surface area contributed by atoms with E-state index in [2.05, 4.69) is 68.4 Å². The van der Waals surface area contributed by atoms with Gasteiger partial charge in [0, 0.05) is 0 Å². The van der Waals surface area contributed by atoms with Crippen LogP contribution in [0, 0.1) is 16.7 Å². The zero-order chi connectivity index (χ0) is 22.7. The quantitative estimate of drug-likeness (QED) is 0.308. The lowest BCUT2D eigenvalue weighted by Gasteiger charge is -2.35. The third-order valence-electron chi connectivity index (χ3n) is 7.68. The molecule has 1 aliphatic carbocycles. The molecule has 0 aliphatic heterocycles. The Morgan fingerprint density at radius 3 is 1.91 bits per heavy atom. The van der Waals surface area contributed by atoms with Crippen molar-refractivity contribution in [1.82, 2.24) is 0 Å². The number of hydrogen-bond donors (Lipinski definition) is 0. The average Bonchev–Trinajstić information content (AvgIpc) is 2.85. The standard InChI is InChI=1S/C31H43N/c1-3-5-7-8-10-22-31(25-32)23-20-30(21-24-31)29-18-16-28(17-19-29)27-14-12-26(13-15-27)11-9-6-4-2/h12-19,30H,3-11,20-24H2,1-2H3. The molecule has 0 bridgehead atoms. The Kier molecular flexibility index (Phi) is 9.86. The summed E-state index contributed by atoms with van der Waals surface area (Å²) in [6, 6.07) is 21.1. The lowest BCUT2D eigenvalue weighted by molar-refractivity contribution is 0.223. The van der Waals surface area contributed by atoms with Gasteiger partial charge in [-0.15, -0.1) is 0 Å². The van der Waals surface area contributed by atoms with Crippen LogP contribution in [0.15, 0.2) is 48.5 Å². The van der Waals surface area contributed by atoms with E-state index in [9.17, 15) is 5.26 Å². The van der Waals surface area contributed by atoms with Gasteiger partial charge < -0.3 is 0 Å². The highest BCUT2D eigenvalue weighted by atomic mass is 14.4. The number of benzene rings is 2. The van der Waals surface area contributed by atoms with Gasteiger partial charge in [0.25, 0.3) is 0 Å². The van der Waals surface area contributed by atoms with Crippen LogP contribution in [0.2, 0.25) is 0 Å². The predicted molar refractivity (Wildman–Crippen MR) is 138 cm³/mol. The number of unbranched alkanes of at least 4 members (excludes halogenated alkanes) is 6. The van der Waals surface area contributed by atoms with Gasteiger partial charge >= 0.3 is 0 Å². The molecular weight excluding hydrogens is 386 g/mol. The van der Waals surface area contributed by atoms with Gasteiger partial charge in [0.1, 0.15) is 0 Å². The first-order chi connectivity index (χ1) is 15.7. The van der Waals surface area contributed by atoms with Crippen LogP contribution in [0.5, 0.6) is 0 Å². The topological polar surface area (TPSA) is 23.8 Å². The van der Waals surface area contributed by atoms with E-state index in [1.807, 2.05) is 0 Å². The van der Waals surface area contributed by atoms with Gasteiger partial charge in [-0.1, -0.05) is 107 Å². The maximum Gasteiger partial charge on any atom is 0.0689 e. The summed E-state index contributed by atoms with van der Waals surface area (Å²) in [7, 11) is 0. The van der Waals surface area contributed by atoms with Crippen LogP contribution in [-0.2, 0) is 6.42 Å². The van der Waals surface area contributed by atoms with Crippen LogP contribution in [0.1, 0.15) is 114 Å². The summed E-state index contributed by atoms with van der Waals surface area (Å²) in [5.74, 6) is 0.617. The molecule has 0 unspecified atom stereocenters. The van der Waals surface area contributed by atoms with Crippen LogP contribution in [0.3, 0.4) is 0 Å². The van der Waals surface area contributed by atoms with Crippen molar-refractivity contribution in [2.45, 2.75) is 110 Å². The molecule has 2 aromatic carbocycles. The molecule has 1 nitrogen and oxygen atoms in total. The molecule has 0 saturated heterocycles. The van der Waals surface area contributed by atoms with E-state index in [0.29, 0.717) is 5.92 Å². The second-order valence-corrected chi connectivity index (χ2v) is 10.1. The summed E-state index contributed by atoms with van der Waals surface area (Å²) in [6.07, 6.45) is 17.1. The Balaban J connectivity index is 1.52. The van der Waals surface area contributed by atoms with Crippen LogP contribution in [0.25, 0.3) is 11.1 Å². The Morgan fingerprint density at radius 1 is 0.750 bits per heavy atom. The molecule has 0 amide bonds. The van der Waals surface area contributed by atoms with Gasteiger partial charge in [-0.3, -0.25) is 0 Å². The summed E-state index contributed by atoms with van der Waals surface area (Å²) in [5.41, 5.74) is 5.47. The Labute approximate surface area is 197 Å². The molecule has 0 spiro atoms. The molecule has 1 aliphatic rings. The largest absolute Gasteiger partial charge is 0.198 e. The molecule has 2 aromatic rings. The molecule has 0 radical (unpaired) electrons. The van der Waals surface area contributed by atoms with Crippen molar-refractivity contribution in [3.05, 3.63) is 59.7 Å². The smallest absolute Gasteiger partial charge is 0.0689 e. The summed E-state index contributed by atoms with van der Waals surface area (Å²) in [6.45, 7) is 4.52. The lowest BCUT2D eigenvalue weighted by atomic mass is 9.67. The third-order valence-corrected chi connectivity index (χ3v) is 7.68. The van der Waals surface area contributed by atoms with Crippen molar-refractivity contribution in [2.75, 3.05) is 0 Å². The zero-order valence-corrected chi connectivity index (χ0v) is 20.5. The number of hydrogen-bond acceptors (Lipinski definition) is 1. The van der Waals surface area contributed by atoms with Gasteiger partial charge in [-0.2, -0.15) is 5.26 Å². The van der Waals surface area contributed by atoms with Gasteiger partial charge in [0.05, 0.1) is 11.5 Å². The van der Waals surface area contributed by atoms with E-state index in [-0.39, 0.29) is 5.41 Å². The molecule has 0 heterocycles. The van der Waals surface area contributed by atoms with Crippen molar-refractivity contribution in [2.24, 2.45) is 5.41 Å². The molecule has 32 heavy (non-hydrogen) atoms. The molecule has 0 N–H and O–H groups in total. The molecule has 1 heteroatoms. The van der Waals surface area contributed by atoms with E-state index < -0.39 is 0 Å². The number of nitriles is 1. The molecule has 1 saturated carbocycles. The first kappa shape index (κ1) is 24.6. The summed E-state index contributed by atoms with van der Waals surface area (Å²) >= 11 is 0. The van der Waals surface area contributed by atoms with Gasteiger partial charge in [-0.25, -0.2) is 0 Å². The minimum absolute atomic E-state index is 0.0540. The summed E-state index contributed by atoms with van der Waals surface area (Å²) < 4.78 is 0.